The molecule has 0 atom stereocenters. The second-order valence-electron chi connectivity index (χ2n) is 6.52. The van der Waals surface area contributed by atoms with Crippen LogP contribution in [0.2, 0.25) is 0 Å². The molecule has 0 saturated heterocycles. The van der Waals surface area contributed by atoms with Crippen LogP contribution in [0.4, 0.5) is 5.69 Å². The Morgan fingerprint density at radius 2 is 1.93 bits per heavy atom. The summed E-state index contributed by atoms with van der Waals surface area (Å²) in [7, 11) is -3.40. The van der Waals surface area contributed by atoms with Gasteiger partial charge in [-0.3, -0.25) is 4.72 Å². The smallest absolute Gasteiger partial charge is 0.229 e. The molecule has 30 heavy (non-hydrogen) atoms. The van der Waals surface area contributed by atoms with Crippen molar-refractivity contribution in [3.05, 3.63) is 59.6 Å². The second kappa shape index (κ2) is 8.52. The Balaban J connectivity index is 1.82. The van der Waals surface area contributed by atoms with Gasteiger partial charge in [0.1, 0.15) is 12.3 Å². The average molecular weight is 445 g/mol. The fraction of sp³-hybridized carbons (Fsp3) is 0.200. The summed E-state index contributed by atoms with van der Waals surface area (Å²) in [5.74, 6) is 0. The molecular formula is C20H20N4O4S2. The van der Waals surface area contributed by atoms with Crippen molar-refractivity contribution in [1.29, 1.82) is 0 Å². The van der Waals surface area contributed by atoms with Crippen molar-refractivity contribution >= 4 is 38.0 Å². The lowest BCUT2D eigenvalue weighted by Gasteiger charge is -2.05. The van der Waals surface area contributed by atoms with Crippen molar-refractivity contribution < 1.29 is 18.2 Å². The maximum absolute atomic E-state index is 11.7. The molecule has 10 heteroatoms. The van der Waals surface area contributed by atoms with Gasteiger partial charge in [0.15, 0.2) is 0 Å². The van der Waals surface area contributed by atoms with Gasteiger partial charge in [-0.15, -0.1) is 11.3 Å². The molecule has 2 heterocycles. The van der Waals surface area contributed by atoms with E-state index in [-0.39, 0.29) is 6.61 Å². The van der Waals surface area contributed by atoms with E-state index in [0.29, 0.717) is 17.4 Å². The van der Waals surface area contributed by atoms with E-state index in [9.17, 15) is 8.42 Å². The fourth-order valence-corrected chi connectivity index (χ4v) is 4.32. The quantitative estimate of drug-likeness (QED) is 0.251. The SMILES string of the molecule is CCOOCc1csc(-n2nc(-c3ccccc3)c3ccc(NS(C)(=O)=O)cc32)n1. The number of aromatic nitrogens is 3. The third-order valence-electron chi connectivity index (χ3n) is 4.16. The second-order valence-corrected chi connectivity index (χ2v) is 9.11. The lowest BCUT2D eigenvalue weighted by molar-refractivity contribution is -0.301. The van der Waals surface area contributed by atoms with Crippen molar-refractivity contribution in [2.24, 2.45) is 0 Å². The number of nitrogens with one attached hydrogen (secondary N) is 1. The van der Waals surface area contributed by atoms with Crippen LogP contribution in [-0.4, -0.2) is 36.0 Å². The largest absolute Gasteiger partial charge is 0.284 e. The molecule has 1 N–H and O–H groups in total. The zero-order valence-electron chi connectivity index (χ0n) is 16.4. The number of benzene rings is 2. The zero-order valence-corrected chi connectivity index (χ0v) is 18.0. The molecule has 0 amide bonds. The molecule has 0 fully saturated rings. The van der Waals surface area contributed by atoms with Gasteiger partial charge in [0.25, 0.3) is 0 Å². The van der Waals surface area contributed by atoms with E-state index < -0.39 is 10.0 Å². The van der Waals surface area contributed by atoms with E-state index in [4.69, 9.17) is 14.9 Å². The monoisotopic (exact) mass is 444 g/mol. The highest BCUT2D eigenvalue weighted by Crippen LogP contribution is 2.32. The van der Waals surface area contributed by atoms with Crippen LogP contribution in [0.15, 0.2) is 53.9 Å². The first-order valence-electron chi connectivity index (χ1n) is 9.20. The molecule has 0 spiro atoms. The van der Waals surface area contributed by atoms with Crippen LogP contribution in [0.5, 0.6) is 0 Å². The first kappa shape index (κ1) is 20.5. The Bertz CT molecular complexity index is 1270. The molecule has 0 aliphatic heterocycles. The normalized spacial score (nSPS) is 11.8. The fourth-order valence-electron chi connectivity index (χ4n) is 2.99. The number of rotatable bonds is 8. The predicted molar refractivity (Wildman–Crippen MR) is 117 cm³/mol. The summed E-state index contributed by atoms with van der Waals surface area (Å²) in [6, 6.07) is 15.2. The minimum Gasteiger partial charge on any atom is -0.284 e. The van der Waals surface area contributed by atoms with Crippen molar-refractivity contribution in [2.75, 3.05) is 17.6 Å². The van der Waals surface area contributed by atoms with E-state index >= 15 is 0 Å². The standard InChI is InChI=1S/C20H20N4O4S2/c1-3-27-28-12-16-13-29-20(21-16)24-18-11-15(23-30(2,25)26)9-10-17(18)19(22-24)14-7-5-4-6-8-14/h4-11,13,23H,3,12H2,1-2H3. The lowest BCUT2D eigenvalue weighted by atomic mass is 10.1. The van der Waals surface area contributed by atoms with Crippen molar-refractivity contribution in [3.63, 3.8) is 0 Å². The lowest BCUT2D eigenvalue weighted by Crippen LogP contribution is -2.09. The molecule has 2 aromatic carbocycles. The summed E-state index contributed by atoms with van der Waals surface area (Å²) in [6.45, 7) is 2.53. The predicted octanol–water partition coefficient (Wildman–Crippen LogP) is 3.99. The van der Waals surface area contributed by atoms with E-state index in [2.05, 4.69) is 9.71 Å². The van der Waals surface area contributed by atoms with E-state index in [1.165, 1.54) is 11.3 Å². The van der Waals surface area contributed by atoms with Crippen molar-refractivity contribution in [3.8, 4) is 16.4 Å². The summed E-state index contributed by atoms with van der Waals surface area (Å²) in [4.78, 5) is 14.6. The summed E-state index contributed by atoms with van der Waals surface area (Å²) in [5.41, 5.74) is 3.68. The van der Waals surface area contributed by atoms with Gasteiger partial charge in [-0.1, -0.05) is 30.3 Å². The summed E-state index contributed by atoms with van der Waals surface area (Å²) in [6.07, 6.45) is 1.12. The number of fused-ring (bicyclic) bond motifs is 1. The molecule has 4 rings (SSSR count). The molecule has 0 saturated carbocycles. The first-order valence-corrected chi connectivity index (χ1v) is 12.0. The number of thiazole rings is 1. The third-order valence-corrected chi connectivity index (χ3v) is 5.63. The minimum atomic E-state index is -3.40. The Labute approximate surface area is 178 Å². The third kappa shape index (κ3) is 4.51. The van der Waals surface area contributed by atoms with Gasteiger partial charge in [0.2, 0.25) is 15.2 Å². The van der Waals surface area contributed by atoms with Gasteiger partial charge in [0.05, 0.1) is 29.8 Å². The van der Waals surface area contributed by atoms with Crippen LogP contribution < -0.4 is 4.72 Å². The van der Waals surface area contributed by atoms with Gasteiger partial charge >= 0.3 is 0 Å². The zero-order chi connectivity index (χ0) is 21.1. The summed E-state index contributed by atoms with van der Waals surface area (Å²) < 4.78 is 27.6. The Hall–Kier alpha value is -2.79. The molecule has 4 aromatic rings. The van der Waals surface area contributed by atoms with Gasteiger partial charge in [-0.25, -0.2) is 27.9 Å². The van der Waals surface area contributed by atoms with E-state index in [1.54, 1.807) is 16.8 Å². The molecule has 8 nitrogen and oxygen atoms in total. The van der Waals surface area contributed by atoms with Gasteiger partial charge in [-0.2, -0.15) is 5.10 Å². The highest BCUT2D eigenvalue weighted by Gasteiger charge is 2.17. The Morgan fingerprint density at radius 3 is 2.67 bits per heavy atom. The molecule has 156 valence electrons. The molecule has 0 aliphatic carbocycles. The van der Waals surface area contributed by atoms with E-state index in [0.717, 1.165) is 34.1 Å². The average Bonchev–Trinajstić information content (AvgIpc) is 3.32. The first-order chi connectivity index (χ1) is 14.4. The number of sulfonamides is 1. The molecule has 0 unspecified atom stereocenters. The van der Waals surface area contributed by atoms with Crippen LogP contribution in [0, 0.1) is 0 Å². The van der Waals surface area contributed by atoms with Crippen LogP contribution in [0.25, 0.3) is 27.3 Å². The van der Waals surface area contributed by atoms with Crippen LogP contribution >= 0.6 is 11.3 Å². The number of hydrogen-bond donors (Lipinski definition) is 1. The van der Waals surface area contributed by atoms with Crippen molar-refractivity contribution in [1.82, 2.24) is 14.8 Å². The van der Waals surface area contributed by atoms with Gasteiger partial charge < -0.3 is 0 Å². The summed E-state index contributed by atoms with van der Waals surface area (Å²) in [5, 5.41) is 8.21. The van der Waals surface area contributed by atoms with Gasteiger partial charge in [-0.05, 0) is 25.1 Å². The van der Waals surface area contributed by atoms with Gasteiger partial charge in [0, 0.05) is 16.3 Å². The highest BCUT2D eigenvalue weighted by molar-refractivity contribution is 7.92. The molecule has 0 aliphatic rings. The minimum absolute atomic E-state index is 0.232. The number of nitrogens with zero attached hydrogens (tertiary/aromatic N) is 3. The highest BCUT2D eigenvalue weighted by atomic mass is 32.2. The molecule has 0 bridgehead atoms. The van der Waals surface area contributed by atoms with E-state index in [1.807, 2.05) is 48.7 Å². The number of hydrogen-bond acceptors (Lipinski definition) is 7. The molecule has 0 radical (unpaired) electrons. The Kier molecular flexibility index (Phi) is 5.82. The number of anilines is 1. The van der Waals surface area contributed by atoms with Crippen LogP contribution in [-0.2, 0) is 26.4 Å². The van der Waals surface area contributed by atoms with Crippen LogP contribution in [0.1, 0.15) is 12.6 Å². The maximum Gasteiger partial charge on any atom is 0.229 e. The van der Waals surface area contributed by atoms with Crippen molar-refractivity contribution in [2.45, 2.75) is 13.5 Å². The van der Waals surface area contributed by atoms with Crippen LogP contribution in [0.3, 0.4) is 0 Å². The molecule has 2 aromatic heterocycles. The topological polar surface area (TPSA) is 95.3 Å². The Morgan fingerprint density at radius 1 is 1.13 bits per heavy atom. The maximum atomic E-state index is 11.7. The summed E-state index contributed by atoms with van der Waals surface area (Å²) >= 11 is 1.42. The molecular weight excluding hydrogens is 424 g/mol.